The van der Waals surface area contributed by atoms with E-state index in [2.05, 4.69) is 32.8 Å². The molecule has 1 N–H and O–H groups in total. The number of benzene rings is 1. The second kappa shape index (κ2) is 9.70. The maximum atomic E-state index is 13.5. The Morgan fingerprint density at radius 3 is 2.64 bits per heavy atom. The van der Waals surface area contributed by atoms with Crippen molar-refractivity contribution in [1.29, 1.82) is 0 Å². The number of pyridine rings is 1. The number of halogens is 1. The molecule has 2 atom stereocenters. The molecule has 1 saturated heterocycles. The van der Waals surface area contributed by atoms with Crippen LogP contribution in [0.4, 0.5) is 4.39 Å². The molecule has 8 heteroatoms. The van der Waals surface area contributed by atoms with Gasteiger partial charge in [-0.2, -0.15) is 0 Å². The van der Waals surface area contributed by atoms with Crippen LogP contribution in [0.25, 0.3) is 5.69 Å². The van der Waals surface area contributed by atoms with E-state index in [9.17, 15) is 9.18 Å². The van der Waals surface area contributed by atoms with E-state index in [1.807, 2.05) is 25.1 Å². The number of nitrogens with zero attached hydrogens (tertiary/aromatic N) is 3. The van der Waals surface area contributed by atoms with Crippen LogP contribution in [-0.4, -0.2) is 39.2 Å². The Bertz CT molecular complexity index is 1150. The Hall–Kier alpha value is -3.26. The molecule has 0 saturated carbocycles. The SMILES string of the molecule is COC(=O)CCCN1C(=S)N[C@@H](c2ccccn2)[C@@H]1c1cc(C)n(-c2ccc(F)cc2)c1C. The highest BCUT2D eigenvalue weighted by atomic mass is 32.1. The molecule has 1 aromatic carbocycles. The van der Waals surface area contributed by atoms with Crippen molar-refractivity contribution in [3.63, 3.8) is 0 Å². The summed E-state index contributed by atoms with van der Waals surface area (Å²) in [7, 11) is 1.40. The molecule has 1 fully saturated rings. The van der Waals surface area contributed by atoms with Crippen LogP contribution in [0.2, 0.25) is 0 Å². The highest BCUT2D eigenvalue weighted by Gasteiger charge is 2.41. The van der Waals surface area contributed by atoms with E-state index in [1.165, 1.54) is 19.2 Å². The molecule has 6 nitrogen and oxygen atoms in total. The van der Waals surface area contributed by atoms with Gasteiger partial charge < -0.3 is 19.5 Å². The maximum absolute atomic E-state index is 13.5. The molecular weight excluding hydrogens is 439 g/mol. The summed E-state index contributed by atoms with van der Waals surface area (Å²) in [5, 5.41) is 4.08. The lowest BCUT2D eigenvalue weighted by atomic mass is 9.96. The molecule has 2 aromatic heterocycles. The fraction of sp³-hybridized carbons (Fsp3) is 0.320. The van der Waals surface area contributed by atoms with Crippen LogP contribution in [0.5, 0.6) is 0 Å². The zero-order valence-corrected chi connectivity index (χ0v) is 19.7. The van der Waals surface area contributed by atoms with Gasteiger partial charge in [0.2, 0.25) is 0 Å². The van der Waals surface area contributed by atoms with Gasteiger partial charge in [0.05, 0.1) is 24.9 Å². The van der Waals surface area contributed by atoms with Crippen molar-refractivity contribution >= 4 is 23.3 Å². The standard InChI is InChI=1S/C25H27FN4O2S/c1-16-15-20(17(2)30(16)19-11-9-18(26)10-12-19)24-23(21-7-4-5-13-27-21)28-25(33)29(24)14-6-8-22(31)32-3/h4-5,7,9-13,15,23-24H,6,8,14H2,1-3H3,(H,28,33)/t23-,24-/m0/s1. The van der Waals surface area contributed by atoms with E-state index < -0.39 is 0 Å². The van der Waals surface area contributed by atoms with E-state index in [1.54, 1.807) is 18.3 Å². The minimum Gasteiger partial charge on any atom is -0.469 e. The van der Waals surface area contributed by atoms with Crippen LogP contribution in [0.15, 0.2) is 54.7 Å². The van der Waals surface area contributed by atoms with E-state index in [0.29, 0.717) is 24.5 Å². The zero-order chi connectivity index (χ0) is 23.5. The molecule has 0 spiro atoms. The highest BCUT2D eigenvalue weighted by molar-refractivity contribution is 7.80. The minimum atomic E-state index is -0.265. The number of carbonyl (C=O) groups excluding carboxylic acids is 1. The first-order valence-electron chi connectivity index (χ1n) is 10.9. The second-order valence-electron chi connectivity index (χ2n) is 8.14. The molecule has 3 heterocycles. The summed E-state index contributed by atoms with van der Waals surface area (Å²) in [5.74, 6) is -0.501. The van der Waals surface area contributed by atoms with Crippen molar-refractivity contribution in [1.82, 2.24) is 19.8 Å². The number of hydrogen-bond acceptors (Lipinski definition) is 4. The summed E-state index contributed by atoms with van der Waals surface area (Å²) in [5.41, 5.74) is 5.00. The largest absolute Gasteiger partial charge is 0.469 e. The topological polar surface area (TPSA) is 59.4 Å². The summed E-state index contributed by atoms with van der Waals surface area (Å²) in [6.07, 6.45) is 2.72. The normalized spacial score (nSPS) is 17.8. The van der Waals surface area contributed by atoms with Gasteiger partial charge >= 0.3 is 5.97 Å². The molecular formula is C25H27FN4O2S. The summed E-state index contributed by atoms with van der Waals surface area (Å²) >= 11 is 5.72. The Balaban J connectivity index is 1.74. The van der Waals surface area contributed by atoms with Gasteiger partial charge in [-0.25, -0.2) is 4.39 Å². The Labute approximate surface area is 198 Å². The Morgan fingerprint density at radius 1 is 1.21 bits per heavy atom. The van der Waals surface area contributed by atoms with Crippen molar-refractivity contribution in [2.75, 3.05) is 13.7 Å². The Morgan fingerprint density at radius 2 is 1.97 bits per heavy atom. The van der Waals surface area contributed by atoms with Crippen LogP contribution >= 0.6 is 12.2 Å². The van der Waals surface area contributed by atoms with E-state index in [-0.39, 0.29) is 23.9 Å². The number of hydrogen-bond donors (Lipinski definition) is 1. The number of ether oxygens (including phenoxy) is 1. The molecule has 0 bridgehead atoms. The van der Waals surface area contributed by atoms with Crippen molar-refractivity contribution in [3.8, 4) is 5.69 Å². The lowest BCUT2D eigenvalue weighted by molar-refractivity contribution is -0.140. The summed E-state index contributed by atoms with van der Waals surface area (Å²) in [6.45, 7) is 4.71. The predicted octanol–water partition coefficient (Wildman–Crippen LogP) is 4.55. The number of aromatic nitrogens is 2. The molecule has 172 valence electrons. The molecule has 3 aromatic rings. The number of carbonyl (C=O) groups is 1. The third kappa shape index (κ3) is 4.61. The highest BCUT2D eigenvalue weighted by Crippen LogP contribution is 2.41. The Kier molecular flexibility index (Phi) is 6.74. The molecule has 0 radical (unpaired) electrons. The molecule has 4 rings (SSSR count). The predicted molar refractivity (Wildman–Crippen MR) is 129 cm³/mol. The first-order valence-corrected chi connectivity index (χ1v) is 11.3. The van der Waals surface area contributed by atoms with Crippen LogP contribution in [0.1, 0.15) is 47.6 Å². The molecule has 0 unspecified atom stereocenters. The van der Waals surface area contributed by atoms with Gasteiger partial charge in [0, 0.05) is 36.2 Å². The number of aryl methyl sites for hydroxylation is 1. The summed E-state index contributed by atoms with van der Waals surface area (Å²) in [4.78, 5) is 18.4. The van der Waals surface area contributed by atoms with Gasteiger partial charge in [0.15, 0.2) is 5.11 Å². The van der Waals surface area contributed by atoms with Crippen molar-refractivity contribution in [2.45, 2.75) is 38.8 Å². The third-order valence-electron chi connectivity index (χ3n) is 6.08. The molecule has 33 heavy (non-hydrogen) atoms. The quantitative estimate of drug-likeness (QED) is 0.407. The van der Waals surface area contributed by atoms with Crippen LogP contribution in [0, 0.1) is 19.7 Å². The van der Waals surface area contributed by atoms with Crippen molar-refractivity contribution < 1.29 is 13.9 Å². The van der Waals surface area contributed by atoms with Gasteiger partial charge in [-0.1, -0.05) is 6.07 Å². The third-order valence-corrected chi connectivity index (χ3v) is 6.43. The van der Waals surface area contributed by atoms with Gasteiger partial charge in [-0.3, -0.25) is 9.78 Å². The molecule has 1 aliphatic rings. The van der Waals surface area contributed by atoms with Gasteiger partial charge in [0.1, 0.15) is 5.82 Å². The number of thiocarbonyl (C=S) groups is 1. The van der Waals surface area contributed by atoms with E-state index in [0.717, 1.165) is 28.3 Å². The van der Waals surface area contributed by atoms with Gasteiger partial charge in [-0.05, 0) is 80.5 Å². The lowest BCUT2D eigenvalue weighted by Crippen LogP contribution is -2.31. The number of methoxy groups -OCH3 is 1. The second-order valence-corrected chi connectivity index (χ2v) is 8.52. The monoisotopic (exact) mass is 466 g/mol. The number of esters is 1. The molecule has 1 aliphatic heterocycles. The fourth-order valence-electron chi connectivity index (χ4n) is 4.56. The van der Waals surface area contributed by atoms with E-state index in [4.69, 9.17) is 17.0 Å². The van der Waals surface area contributed by atoms with Gasteiger partial charge in [0.25, 0.3) is 0 Å². The minimum absolute atomic E-state index is 0.106. The first-order chi connectivity index (χ1) is 15.9. The first kappa shape index (κ1) is 22.9. The summed E-state index contributed by atoms with van der Waals surface area (Å²) < 4.78 is 20.4. The van der Waals surface area contributed by atoms with Crippen LogP contribution in [0.3, 0.4) is 0 Å². The fourth-order valence-corrected chi connectivity index (χ4v) is 4.89. The van der Waals surface area contributed by atoms with E-state index >= 15 is 0 Å². The van der Waals surface area contributed by atoms with Crippen molar-refractivity contribution in [2.24, 2.45) is 0 Å². The smallest absolute Gasteiger partial charge is 0.305 e. The maximum Gasteiger partial charge on any atom is 0.305 e. The summed E-state index contributed by atoms with van der Waals surface area (Å²) in [6, 6.07) is 14.2. The van der Waals surface area contributed by atoms with Crippen LogP contribution < -0.4 is 5.32 Å². The zero-order valence-electron chi connectivity index (χ0n) is 18.9. The number of nitrogens with one attached hydrogen (secondary N) is 1. The number of rotatable bonds is 7. The average molecular weight is 467 g/mol. The van der Waals surface area contributed by atoms with Crippen LogP contribution in [-0.2, 0) is 9.53 Å². The van der Waals surface area contributed by atoms with Crippen molar-refractivity contribution in [3.05, 3.63) is 83.2 Å². The average Bonchev–Trinajstić information content (AvgIpc) is 3.30. The molecule has 0 aliphatic carbocycles. The molecule has 0 amide bonds. The lowest BCUT2D eigenvalue weighted by Gasteiger charge is -2.28. The van der Waals surface area contributed by atoms with Gasteiger partial charge in [-0.15, -0.1) is 0 Å².